The van der Waals surface area contributed by atoms with Crippen LogP contribution in [0.25, 0.3) is 11.0 Å². The summed E-state index contributed by atoms with van der Waals surface area (Å²) in [7, 11) is 1.67. The topological polar surface area (TPSA) is 50.8 Å². The average molecular weight is 327 g/mol. The molecule has 0 aliphatic heterocycles. The Morgan fingerprint density at radius 3 is 2.83 bits per heavy atom. The van der Waals surface area contributed by atoms with E-state index in [1.807, 2.05) is 24.4 Å². The molecule has 0 fully saturated rings. The number of benzene rings is 1. The van der Waals surface area contributed by atoms with Crippen molar-refractivity contribution in [1.29, 1.82) is 0 Å². The number of hydrogen-bond acceptors (Lipinski definition) is 4. The van der Waals surface area contributed by atoms with Crippen LogP contribution in [0.2, 0.25) is 0 Å². The highest BCUT2D eigenvalue weighted by molar-refractivity contribution is 7.98. The smallest absolute Gasteiger partial charge is 0.166 e. The van der Waals surface area contributed by atoms with Crippen LogP contribution in [0.4, 0.5) is 0 Å². The number of thioether (sulfide) groups is 1. The Morgan fingerprint density at radius 1 is 1.26 bits per heavy atom. The van der Waals surface area contributed by atoms with Gasteiger partial charge in [0.15, 0.2) is 5.16 Å². The number of nitrogens with one attached hydrogen (secondary N) is 1. The lowest BCUT2D eigenvalue weighted by atomic mass is 10.0. The van der Waals surface area contributed by atoms with Gasteiger partial charge in [-0.1, -0.05) is 18.7 Å². The molecule has 2 aromatic heterocycles. The van der Waals surface area contributed by atoms with Crippen LogP contribution in [0, 0.1) is 13.8 Å². The molecule has 0 aliphatic rings. The molecule has 0 saturated carbocycles. The zero-order chi connectivity index (χ0) is 16.4. The first kappa shape index (κ1) is 15.9. The highest BCUT2D eigenvalue weighted by Crippen LogP contribution is 2.27. The number of ether oxygens (including phenoxy) is 1. The van der Waals surface area contributed by atoms with E-state index in [1.54, 1.807) is 18.9 Å². The number of aryl methyl sites for hydroxylation is 1. The van der Waals surface area contributed by atoms with Crippen molar-refractivity contribution in [2.75, 3.05) is 7.11 Å². The van der Waals surface area contributed by atoms with Crippen LogP contribution in [0.15, 0.2) is 29.6 Å². The van der Waals surface area contributed by atoms with Crippen molar-refractivity contribution in [1.82, 2.24) is 15.0 Å². The van der Waals surface area contributed by atoms with Gasteiger partial charge in [0.25, 0.3) is 0 Å². The summed E-state index contributed by atoms with van der Waals surface area (Å²) in [6.45, 7) is 6.49. The van der Waals surface area contributed by atoms with E-state index < -0.39 is 0 Å². The number of imidazole rings is 1. The lowest BCUT2D eigenvalue weighted by Gasteiger charge is -2.11. The number of aromatic nitrogens is 3. The Labute approximate surface area is 140 Å². The molecule has 23 heavy (non-hydrogen) atoms. The Balaban J connectivity index is 1.81. The number of H-pyrrole nitrogens is 1. The molecule has 2 heterocycles. The molecule has 1 aromatic carbocycles. The quantitative estimate of drug-likeness (QED) is 0.704. The van der Waals surface area contributed by atoms with Gasteiger partial charge in [0.1, 0.15) is 5.75 Å². The van der Waals surface area contributed by atoms with Gasteiger partial charge >= 0.3 is 0 Å². The maximum absolute atomic E-state index is 5.25. The third-order valence-corrected chi connectivity index (χ3v) is 5.03. The molecular formula is C18H21N3OS. The predicted molar refractivity (Wildman–Crippen MR) is 95.3 cm³/mol. The molecule has 3 aromatic rings. The standard InChI is InChI=1S/C18H21N3OS/c1-5-14-11(2)9-19-17(12(14)3)10-23-18-20-15-7-6-13(22-4)8-16(15)21-18/h6-9H,5,10H2,1-4H3,(H,20,21). The molecule has 0 saturated heterocycles. The largest absolute Gasteiger partial charge is 0.497 e. The number of hydrogen-bond donors (Lipinski definition) is 1. The molecule has 0 aliphatic carbocycles. The highest BCUT2D eigenvalue weighted by atomic mass is 32.2. The molecule has 0 unspecified atom stereocenters. The molecule has 4 nitrogen and oxygen atoms in total. The minimum absolute atomic E-state index is 0.816. The summed E-state index contributed by atoms with van der Waals surface area (Å²) in [4.78, 5) is 12.6. The van der Waals surface area contributed by atoms with Crippen molar-refractivity contribution >= 4 is 22.8 Å². The number of methoxy groups -OCH3 is 1. The van der Waals surface area contributed by atoms with Crippen LogP contribution >= 0.6 is 11.8 Å². The number of nitrogens with zero attached hydrogens (tertiary/aromatic N) is 2. The minimum Gasteiger partial charge on any atom is -0.497 e. The van der Waals surface area contributed by atoms with Gasteiger partial charge in [0, 0.05) is 18.0 Å². The first-order chi connectivity index (χ1) is 11.1. The normalized spacial score (nSPS) is 11.1. The van der Waals surface area contributed by atoms with Gasteiger partial charge in [-0.15, -0.1) is 0 Å². The lowest BCUT2D eigenvalue weighted by Crippen LogP contribution is -2.00. The van der Waals surface area contributed by atoms with Gasteiger partial charge in [-0.25, -0.2) is 4.98 Å². The minimum atomic E-state index is 0.816. The SMILES string of the molecule is CCc1c(C)cnc(CSc2nc3ccc(OC)cc3[nH]2)c1C. The van der Waals surface area contributed by atoms with E-state index in [4.69, 9.17) is 4.74 Å². The number of pyridine rings is 1. The van der Waals surface area contributed by atoms with E-state index in [1.165, 1.54) is 16.7 Å². The van der Waals surface area contributed by atoms with Crippen LogP contribution in [-0.2, 0) is 12.2 Å². The van der Waals surface area contributed by atoms with Gasteiger partial charge in [0.05, 0.1) is 23.8 Å². The van der Waals surface area contributed by atoms with Crippen molar-refractivity contribution in [2.24, 2.45) is 0 Å². The molecule has 0 amide bonds. The van der Waals surface area contributed by atoms with Gasteiger partial charge < -0.3 is 9.72 Å². The van der Waals surface area contributed by atoms with E-state index >= 15 is 0 Å². The Kier molecular flexibility index (Phi) is 4.57. The second kappa shape index (κ2) is 6.62. The predicted octanol–water partition coefficient (Wildman–Crippen LogP) is 4.44. The molecule has 5 heteroatoms. The molecule has 0 atom stereocenters. The van der Waals surface area contributed by atoms with Crippen molar-refractivity contribution in [3.63, 3.8) is 0 Å². The molecule has 120 valence electrons. The van der Waals surface area contributed by atoms with Gasteiger partial charge in [-0.05, 0) is 49.1 Å². The van der Waals surface area contributed by atoms with Crippen molar-refractivity contribution in [3.05, 3.63) is 46.8 Å². The van der Waals surface area contributed by atoms with Crippen LogP contribution in [0.1, 0.15) is 29.3 Å². The van der Waals surface area contributed by atoms with Gasteiger partial charge in [0.2, 0.25) is 0 Å². The fourth-order valence-electron chi connectivity index (χ4n) is 2.81. The van der Waals surface area contributed by atoms with E-state index in [0.29, 0.717) is 0 Å². The van der Waals surface area contributed by atoms with Crippen LogP contribution in [-0.4, -0.2) is 22.1 Å². The summed E-state index contributed by atoms with van der Waals surface area (Å²) in [6.07, 6.45) is 3.02. The van der Waals surface area contributed by atoms with E-state index in [2.05, 4.69) is 35.7 Å². The van der Waals surface area contributed by atoms with Crippen LogP contribution in [0.3, 0.4) is 0 Å². The zero-order valence-electron chi connectivity index (χ0n) is 13.9. The second-order valence-corrected chi connectivity index (χ2v) is 6.52. The van der Waals surface area contributed by atoms with E-state index in [0.717, 1.165) is 39.8 Å². The fraction of sp³-hybridized carbons (Fsp3) is 0.333. The van der Waals surface area contributed by atoms with Gasteiger partial charge in [-0.3, -0.25) is 4.98 Å². The van der Waals surface area contributed by atoms with Crippen LogP contribution < -0.4 is 4.74 Å². The lowest BCUT2D eigenvalue weighted by molar-refractivity contribution is 0.415. The summed E-state index contributed by atoms with van der Waals surface area (Å²) in [5.41, 5.74) is 7.07. The van der Waals surface area contributed by atoms with Crippen molar-refractivity contribution in [3.8, 4) is 5.75 Å². The third kappa shape index (κ3) is 3.20. The molecule has 0 spiro atoms. The Bertz CT molecular complexity index is 842. The summed E-state index contributed by atoms with van der Waals surface area (Å²) in [5, 5.41) is 0.910. The van der Waals surface area contributed by atoms with Gasteiger partial charge in [-0.2, -0.15) is 0 Å². The van der Waals surface area contributed by atoms with E-state index in [-0.39, 0.29) is 0 Å². The number of aromatic amines is 1. The monoisotopic (exact) mass is 327 g/mol. The number of rotatable bonds is 5. The number of fused-ring (bicyclic) bond motifs is 1. The summed E-state index contributed by atoms with van der Waals surface area (Å²) in [6, 6.07) is 5.87. The van der Waals surface area contributed by atoms with Crippen molar-refractivity contribution in [2.45, 2.75) is 38.1 Å². The van der Waals surface area contributed by atoms with E-state index in [9.17, 15) is 0 Å². The third-order valence-electron chi connectivity index (χ3n) is 4.14. The van der Waals surface area contributed by atoms with Crippen molar-refractivity contribution < 1.29 is 4.74 Å². The summed E-state index contributed by atoms with van der Waals surface area (Å²) in [5.74, 6) is 1.65. The molecular weight excluding hydrogens is 306 g/mol. The highest BCUT2D eigenvalue weighted by Gasteiger charge is 2.10. The first-order valence-electron chi connectivity index (χ1n) is 7.73. The fourth-order valence-corrected chi connectivity index (χ4v) is 3.72. The molecule has 3 rings (SSSR count). The Morgan fingerprint density at radius 2 is 2.09 bits per heavy atom. The Hall–Kier alpha value is -2.01. The second-order valence-electron chi connectivity index (χ2n) is 5.56. The summed E-state index contributed by atoms with van der Waals surface area (Å²) >= 11 is 1.68. The maximum atomic E-state index is 5.25. The summed E-state index contributed by atoms with van der Waals surface area (Å²) < 4.78 is 5.25. The molecule has 1 N–H and O–H groups in total. The average Bonchev–Trinajstić information content (AvgIpc) is 2.96. The zero-order valence-corrected chi connectivity index (χ0v) is 14.8. The molecule has 0 bridgehead atoms. The first-order valence-corrected chi connectivity index (χ1v) is 8.71. The maximum Gasteiger partial charge on any atom is 0.166 e. The van der Waals surface area contributed by atoms with Crippen LogP contribution in [0.5, 0.6) is 5.75 Å². The molecule has 0 radical (unpaired) electrons.